The van der Waals surface area contributed by atoms with E-state index in [1.807, 2.05) is 24.3 Å². The van der Waals surface area contributed by atoms with Crippen molar-refractivity contribution in [3.05, 3.63) is 60.3 Å². The highest BCUT2D eigenvalue weighted by atomic mass is 19.4. The zero-order valence-corrected chi connectivity index (χ0v) is 10.3. The molecule has 0 amide bonds. The molecule has 0 fully saturated rings. The first-order chi connectivity index (χ1) is 9.55. The van der Waals surface area contributed by atoms with Crippen molar-refractivity contribution in [3.63, 3.8) is 0 Å². The van der Waals surface area contributed by atoms with Crippen LogP contribution in [0.2, 0.25) is 0 Å². The molecule has 0 aliphatic heterocycles. The van der Waals surface area contributed by atoms with E-state index in [2.05, 4.69) is 10.3 Å². The van der Waals surface area contributed by atoms with Crippen LogP contribution in [-0.4, -0.2) is 4.98 Å². The van der Waals surface area contributed by atoms with Crippen LogP contribution in [0.25, 0.3) is 10.9 Å². The number of halogens is 3. The number of rotatable bonds is 2. The highest BCUT2D eigenvalue weighted by Crippen LogP contribution is 2.36. The lowest BCUT2D eigenvalue weighted by atomic mass is 10.1. The molecule has 0 aliphatic rings. The molecule has 0 radical (unpaired) electrons. The molecule has 20 heavy (non-hydrogen) atoms. The largest absolute Gasteiger partial charge is 0.418 e. The van der Waals surface area contributed by atoms with Crippen LogP contribution in [0.3, 0.4) is 0 Å². The van der Waals surface area contributed by atoms with Crippen LogP contribution in [0.15, 0.2) is 54.7 Å². The second-order valence-electron chi connectivity index (χ2n) is 4.42. The van der Waals surface area contributed by atoms with Gasteiger partial charge in [-0.05, 0) is 18.2 Å². The Hall–Kier alpha value is -2.43. The molecule has 0 spiro atoms. The molecule has 102 valence electrons. The van der Waals surface area contributed by atoms with E-state index in [-0.39, 0.29) is 5.69 Å². The lowest BCUT2D eigenvalue weighted by Crippen LogP contribution is -2.08. The molecule has 0 atom stereocenters. The zero-order valence-electron chi connectivity index (χ0n) is 10.3. The summed E-state index contributed by atoms with van der Waals surface area (Å²) in [6.07, 6.45) is -2.71. The Morgan fingerprint density at radius 3 is 2.35 bits per heavy atom. The van der Waals surface area contributed by atoms with Gasteiger partial charge in [0.25, 0.3) is 0 Å². The number of nitrogens with one attached hydrogen (secondary N) is 2. The summed E-state index contributed by atoms with van der Waals surface area (Å²) < 4.78 is 38.8. The van der Waals surface area contributed by atoms with Crippen molar-refractivity contribution in [2.45, 2.75) is 6.18 Å². The maximum atomic E-state index is 12.9. The molecule has 0 aliphatic carbocycles. The Morgan fingerprint density at radius 2 is 1.55 bits per heavy atom. The third-order valence-corrected chi connectivity index (χ3v) is 3.09. The van der Waals surface area contributed by atoms with Crippen molar-refractivity contribution in [3.8, 4) is 0 Å². The van der Waals surface area contributed by atoms with Gasteiger partial charge >= 0.3 is 6.18 Å². The number of para-hydroxylation sites is 2. The first kappa shape index (κ1) is 12.6. The minimum Gasteiger partial charge on any atom is -0.359 e. The standard InChI is InChI=1S/C15H11F3N2/c16-15(17,18)11-6-2-4-8-13(11)20-14-9-19-12-7-3-1-5-10(12)14/h1-9,19-20H. The monoisotopic (exact) mass is 276 g/mol. The van der Waals surface area contributed by atoms with Crippen molar-refractivity contribution in [1.29, 1.82) is 0 Å². The molecule has 1 aromatic heterocycles. The smallest absolute Gasteiger partial charge is 0.359 e. The van der Waals surface area contributed by atoms with Crippen molar-refractivity contribution in [2.24, 2.45) is 0 Å². The maximum Gasteiger partial charge on any atom is 0.418 e. The number of alkyl halides is 3. The van der Waals surface area contributed by atoms with Crippen LogP contribution in [0.4, 0.5) is 24.5 Å². The first-order valence-electron chi connectivity index (χ1n) is 6.05. The zero-order chi connectivity index (χ0) is 14.2. The van der Waals surface area contributed by atoms with Gasteiger partial charge in [0.15, 0.2) is 0 Å². The van der Waals surface area contributed by atoms with E-state index in [9.17, 15) is 13.2 Å². The predicted molar refractivity (Wildman–Crippen MR) is 73.0 cm³/mol. The van der Waals surface area contributed by atoms with E-state index in [1.54, 1.807) is 12.3 Å². The number of aromatic nitrogens is 1. The fourth-order valence-corrected chi connectivity index (χ4v) is 2.16. The molecule has 0 saturated heterocycles. The number of fused-ring (bicyclic) bond motifs is 1. The summed E-state index contributed by atoms with van der Waals surface area (Å²) in [6.45, 7) is 0. The van der Waals surface area contributed by atoms with Gasteiger partial charge in [0.05, 0.1) is 16.9 Å². The van der Waals surface area contributed by atoms with Gasteiger partial charge in [-0.15, -0.1) is 0 Å². The second kappa shape index (κ2) is 4.59. The average Bonchev–Trinajstić information content (AvgIpc) is 2.82. The first-order valence-corrected chi connectivity index (χ1v) is 6.05. The fourth-order valence-electron chi connectivity index (χ4n) is 2.16. The summed E-state index contributed by atoms with van der Waals surface area (Å²) in [5.41, 5.74) is 0.867. The van der Waals surface area contributed by atoms with Crippen molar-refractivity contribution >= 4 is 22.3 Å². The molecular formula is C15H11F3N2. The van der Waals surface area contributed by atoms with Gasteiger partial charge in [-0.2, -0.15) is 13.2 Å². The third kappa shape index (κ3) is 2.22. The number of H-pyrrole nitrogens is 1. The molecule has 2 nitrogen and oxygen atoms in total. The minimum absolute atomic E-state index is 0.0461. The minimum atomic E-state index is -4.38. The Morgan fingerprint density at radius 1 is 0.850 bits per heavy atom. The molecule has 3 aromatic rings. The van der Waals surface area contributed by atoms with Crippen LogP contribution >= 0.6 is 0 Å². The Balaban J connectivity index is 2.04. The molecule has 1 heterocycles. The van der Waals surface area contributed by atoms with Crippen LogP contribution in [-0.2, 0) is 6.18 Å². The van der Waals surface area contributed by atoms with Crippen molar-refractivity contribution in [1.82, 2.24) is 4.98 Å². The van der Waals surface area contributed by atoms with Gasteiger partial charge in [0, 0.05) is 17.1 Å². The summed E-state index contributed by atoms with van der Waals surface area (Å²) in [5, 5.41) is 3.70. The molecule has 2 aromatic carbocycles. The number of benzene rings is 2. The number of hydrogen-bond donors (Lipinski definition) is 2. The van der Waals surface area contributed by atoms with Crippen LogP contribution in [0.5, 0.6) is 0 Å². The van der Waals surface area contributed by atoms with E-state index in [4.69, 9.17) is 0 Å². The Labute approximate surface area is 113 Å². The molecule has 0 bridgehead atoms. The second-order valence-corrected chi connectivity index (χ2v) is 4.42. The summed E-state index contributed by atoms with van der Waals surface area (Å²) in [5.74, 6) is 0. The van der Waals surface area contributed by atoms with Crippen LogP contribution in [0, 0.1) is 0 Å². The average molecular weight is 276 g/mol. The topological polar surface area (TPSA) is 27.8 Å². The molecule has 0 unspecified atom stereocenters. The highest BCUT2D eigenvalue weighted by Gasteiger charge is 2.33. The molecular weight excluding hydrogens is 265 g/mol. The van der Waals surface area contributed by atoms with Gasteiger partial charge in [-0.25, -0.2) is 0 Å². The Bertz CT molecular complexity index is 744. The third-order valence-electron chi connectivity index (χ3n) is 3.09. The maximum absolute atomic E-state index is 12.9. The van der Waals surface area contributed by atoms with E-state index in [0.717, 1.165) is 17.0 Å². The fraction of sp³-hybridized carbons (Fsp3) is 0.0667. The number of hydrogen-bond acceptors (Lipinski definition) is 1. The van der Waals surface area contributed by atoms with E-state index in [1.165, 1.54) is 12.1 Å². The van der Waals surface area contributed by atoms with E-state index < -0.39 is 11.7 Å². The number of anilines is 2. The normalized spacial score (nSPS) is 11.8. The number of aromatic amines is 1. The molecule has 3 rings (SSSR count). The summed E-state index contributed by atoms with van der Waals surface area (Å²) in [4.78, 5) is 3.02. The summed E-state index contributed by atoms with van der Waals surface area (Å²) >= 11 is 0. The summed E-state index contributed by atoms with van der Waals surface area (Å²) in [7, 11) is 0. The van der Waals surface area contributed by atoms with Crippen LogP contribution in [0.1, 0.15) is 5.56 Å². The molecule has 5 heteroatoms. The Kier molecular flexibility index (Phi) is 2.89. The van der Waals surface area contributed by atoms with E-state index in [0.29, 0.717) is 5.69 Å². The molecule has 0 saturated carbocycles. The lowest BCUT2D eigenvalue weighted by molar-refractivity contribution is -0.136. The van der Waals surface area contributed by atoms with Gasteiger partial charge in [0.1, 0.15) is 0 Å². The predicted octanol–water partition coefficient (Wildman–Crippen LogP) is 4.93. The summed E-state index contributed by atoms with van der Waals surface area (Å²) in [6, 6.07) is 12.9. The lowest BCUT2D eigenvalue weighted by Gasteiger charge is -2.13. The van der Waals surface area contributed by atoms with Gasteiger partial charge in [0.2, 0.25) is 0 Å². The van der Waals surface area contributed by atoms with Crippen molar-refractivity contribution < 1.29 is 13.2 Å². The van der Waals surface area contributed by atoms with E-state index >= 15 is 0 Å². The molecule has 2 N–H and O–H groups in total. The highest BCUT2D eigenvalue weighted by molar-refractivity contribution is 5.94. The van der Waals surface area contributed by atoms with Gasteiger partial charge in [-0.3, -0.25) is 0 Å². The van der Waals surface area contributed by atoms with Crippen LogP contribution < -0.4 is 5.32 Å². The quantitative estimate of drug-likeness (QED) is 0.682. The SMILES string of the molecule is FC(F)(F)c1ccccc1Nc1c[nH]c2ccccc12. The van der Waals surface area contributed by atoms with Gasteiger partial charge < -0.3 is 10.3 Å². The van der Waals surface area contributed by atoms with Gasteiger partial charge in [-0.1, -0.05) is 30.3 Å². The van der Waals surface area contributed by atoms with Crippen molar-refractivity contribution in [2.75, 3.05) is 5.32 Å².